The Bertz CT molecular complexity index is 917. The third kappa shape index (κ3) is 4.29. The Morgan fingerprint density at radius 2 is 2.16 bits per heavy atom. The second-order valence-electron chi connectivity index (χ2n) is 5.29. The first-order chi connectivity index (χ1) is 12.1. The number of nitrogens with one attached hydrogen (secondary N) is 1. The van der Waals surface area contributed by atoms with Crippen LogP contribution in [-0.2, 0) is 20.2 Å². The van der Waals surface area contributed by atoms with Crippen molar-refractivity contribution in [1.29, 1.82) is 5.26 Å². The number of ether oxygens (including phenoxy) is 1. The molecule has 1 N–H and O–H groups in total. The molecule has 0 aliphatic heterocycles. The SMILES string of the molecule is Cn1nnc(CNc2ccc(OCc3cccc(C#N)c3)c(F)c2)n1. The van der Waals surface area contributed by atoms with Crippen molar-refractivity contribution in [3.05, 3.63) is 65.2 Å². The monoisotopic (exact) mass is 338 g/mol. The van der Waals surface area contributed by atoms with E-state index in [1.165, 1.54) is 10.9 Å². The zero-order valence-corrected chi connectivity index (χ0v) is 13.5. The highest BCUT2D eigenvalue weighted by Gasteiger charge is 2.07. The summed E-state index contributed by atoms with van der Waals surface area (Å²) in [5, 5.41) is 23.5. The van der Waals surface area contributed by atoms with Crippen LogP contribution in [0, 0.1) is 17.1 Å². The summed E-state index contributed by atoms with van der Waals surface area (Å²) in [7, 11) is 1.68. The van der Waals surface area contributed by atoms with Crippen LogP contribution in [0.4, 0.5) is 10.1 Å². The van der Waals surface area contributed by atoms with Crippen molar-refractivity contribution in [2.45, 2.75) is 13.2 Å². The normalized spacial score (nSPS) is 10.3. The lowest BCUT2D eigenvalue weighted by atomic mass is 10.1. The van der Waals surface area contributed by atoms with Crippen molar-refractivity contribution in [3.8, 4) is 11.8 Å². The fourth-order valence-corrected chi connectivity index (χ4v) is 2.19. The van der Waals surface area contributed by atoms with Gasteiger partial charge in [0.05, 0.1) is 25.2 Å². The number of nitrogens with zero attached hydrogens (tertiary/aromatic N) is 5. The first kappa shape index (κ1) is 16.4. The molecular formula is C17H15FN6O. The molecule has 3 aromatic rings. The second kappa shape index (κ2) is 7.40. The van der Waals surface area contributed by atoms with E-state index in [1.54, 1.807) is 37.4 Å². The predicted octanol–water partition coefficient (Wildman–Crippen LogP) is 2.41. The lowest BCUT2D eigenvalue weighted by Crippen LogP contribution is -2.03. The fraction of sp³-hybridized carbons (Fsp3) is 0.176. The van der Waals surface area contributed by atoms with Gasteiger partial charge < -0.3 is 10.1 Å². The summed E-state index contributed by atoms with van der Waals surface area (Å²) in [5.41, 5.74) is 1.93. The van der Waals surface area contributed by atoms with Gasteiger partial charge in [-0.05, 0) is 35.0 Å². The Kier molecular flexibility index (Phi) is 4.85. The molecule has 1 aromatic heterocycles. The van der Waals surface area contributed by atoms with E-state index in [1.807, 2.05) is 6.07 Å². The average molecular weight is 338 g/mol. The van der Waals surface area contributed by atoms with Gasteiger partial charge in [-0.15, -0.1) is 10.2 Å². The topological polar surface area (TPSA) is 88.6 Å². The van der Waals surface area contributed by atoms with Gasteiger partial charge in [-0.1, -0.05) is 12.1 Å². The van der Waals surface area contributed by atoms with Crippen LogP contribution in [0.1, 0.15) is 17.0 Å². The number of benzene rings is 2. The van der Waals surface area contributed by atoms with Gasteiger partial charge in [0.1, 0.15) is 6.61 Å². The maximum Gasteiger partial charge on any atom is 0.193 e. The van der Waals surface area contributed by atoms with E-state index >= 15 is 0 Å². The molecule has 0 aliphatic carbocycles. The van der Waals surface area contributed by atoms with Crippen molar-refractivity contribution in [1.82, 2.24) is 20.2 Å². The Morgan fingerprint density at radius 1 is 1.28 bits per heavy atom. The number of halogens is 1. The summed E-state index contributed by atoms with van der Waals surface area (Å²) in [6.07, 6.45) is 0. The molecule has 25 heavy (non-hydrogen) atoms. The summed E-state index contributed by atoms with van der Waals surface area (Å²) >= 11 is 0. The van der Waals surface area contributed by atoms with Crippen molar-refractivity contribution in [2.75, 3.05) is 5.32 Å². The Hall–Kier alpha value is -3.47. The molecule has 0 amide bonds. The van der Waals surface area contributed by atoms with Gasteiger partial charge >= 0.3 is 0 Å². The number of rotatable bonds is 6. The van der Waals surface area contributed by atoms with Gasteiger partial charge in [-0.2, -0.15) is 10.1 Å². The van der Waals surface area contributed by atoms with E-state index < -0.39 is 5.82 Å². The van der Waals surface area contributed by atoms with E-state index in [9.17, 15) is 4.39 Å². The number of anilines is 1. The zero-order valence-electron chi connectivity index (χ0n) is 13.5. The van der Waals surface area contributed by atoms with Crippen LogP contribution < -0.4 is 10.1 Å². The second-order valence-corrected chi connectivity index (χ2v) is 5.29. The molecule has 0 spiro atoms. The van der Waals surface area contributed by atoms with Crippen molar-refractivity contribution in [3.63, 3.8) is 0 Å². The zero-order chi connectivity index (χ0) is 17.6. The largest absolute Gasteiger partial charge is 0.486 e. The quantitative estimate of drug-likeness (QED) is 0.742. The molecule has 2 aromatic carbocycles. The average Bonchev–Trinajstić information content (AvgIpc) is 3.04. The molecule has 3 rings (SSSR count). The number of nitriles is 1. The van der Waals surface area contributed by atoms with E-state index in [4.69, 9.17) is 10.00 Å². The van der Waals surface area contributed by atoms with Crippen LogP contribution in [0.25, 0.3) is 0 Å². The minimum atomic E-state index is -0.478. The summed E-state index contributed by atoms with van der Waals surface area (Å²) in [6.45, 7) is 0.525. The summed E-state index contributed by atoms with van der Waals surface area (Å²) in [6, 6.07) is 13.7. The van der Waals surface area contributed by atoms with Crippen molar-refractivity contribution >= 4 is 5.69 Å². The minimum absolute atomic E-state index is 0.144. The maximum atomic E-state index is 14.2. The molecule has 8 heteroatoms. The molecule has 126 valence electrons. The lowest BCUT2D eigenvalue weighted by molar-refractivity contribution is 0.290. The van der Waals surface area contributed by atoms with Gasteiger partial charge in [0, 0.05) is 11.8 Å². The highest BCUT2D eigenvalue weighted by atomic mass is 19.1. The number of hydrogen-bond acceptors (Lipinski definition) is 6. The summed E-state index contributed by atoms with van der Waals surface area (Å²) in [4.78, 5) is 1.36. The molecule has 0 bridgehead atoms. The molecule has 1 heterocycles. The Balaban J connectivity index is 1.60. The molecule has 0 fully saturated rings. The van der Waals surface area contributed by atoms with E-state index in [-0.39, 0.29) is 12.4 Å². The van der Waals surface area contributed by atoms with E-state index in [0.717, 1.165) is 5.56 Å². The van der Waals surface area contributed by atoms with Gasteiger partial charge in [-0.25, -0.2) is 4.39 Å². The summed E-state index contributed by atoms with van der Waals surface area (Å²) < 4.78 is 19.7. The Morgan fingerprint density at radius 3 is 2.88 bits per heavy atom. The van der Waals surface area contributed by atoms with Crippen LogP contribution in [0.15, 0.2) is 42.5 Å². The van der Waals surface area contributed by atoms with Crippen LogP contribution in [0.2, 0.25) is 0 Å². The smallest absolute Gasteiger partial charge is 0.193 e. The van der Waals surface area contributed by atoms with Crippen LogP contribution in [0.3, 0.4) is 0 Å². The minimum Gasteiger partial charge on any atom is -0.486 e. The first-order valence-corrected chi connectivity index (χ1v) is 7.52. The van der Waals surface area contributed by atoms with Crippen LogP contribution in [-0.4, -0.2) is 20.2 Å². The Labute approximate surface area is 143 Å². The number of hydrogen-bond donors (Lipinski definition) is 1. The number of aromatic nitrogens is 4. The van der Waals surface area contributed by atoms with Gasteiger partial charge in [0.25, 0.3) is 0 Å². The third-order valence-corrected chi connectivity index (χ3v) is 3.38. The molecule has 0 unspecified atom stereocenters. The van der Waals surface area contributed by atoms with E-state index in [2.05, 4.69) is 26.8 Å². The highest BCUT2D eigenvalue weighted by molar-refractivity contribution is 5.47. The molecule has 0 radical (unpaired) electrons. The van der Waals surface area contributed by atoms with E-state index in [0.29, 0.717) is 23.6 Å². The van der Waals surface area contributed by atoms with Gasteiger partial charge in [0.2, 0.25) is 0 Å². The molecule has 0 atom stereocenters. The number of tetrazole rings is 1. The molecular weight excluding hydrogens is 323 g/mol. The highest BCUT2D eigenvalue weighted by Crippen LogP contribution is 2.22. The third-order valence-electron chi connectivity index (χ3n) is 3.38. The van der Waals surface area contributed by atoms with Crippen molar-refractivity contribution in [2.24, 2.45) is 7.05 Å². The van der Waals surface area contributed by atoms with Gasteiger partial charge in [0.15, 0.2) is 17.4 Å². The lowest BCUT2D eigenvalue weighted by Gasteiger charge is -2.10. The number of aryl methyl sites for hydroxylation is 1. The molecule has 0 saturated heterocycles. The standard InChI is InChI=1S/C17H15FN6O/c1-24-22-17(21-23-24)10-20-14-5-6-16(15(18)8-14)25-11-13-4-2-3-12(7-13)9-19/h2-8,20H,10-11H2,1H3. The fourth-order valence-electron chi connectivity index (χ4n) is 2.19. The molecule has 0 saturated carbocycles. The predicted molar refractivity (Wildman–Crippen MR) is 88.0 cm³/mol. The van der Waals surface area contributed by atoms with Crippen LogP contribution >= 0.6 is 0 Å². The maximum absolute atomic E-state index is 14.2. The molecule has 7 nitrogen and oxygen atoms in total. The van der Waals surface area contributed by atoms with Crippen LogP contribution in [0.5, 0.6) is 5.75 Å². The van der Waals surface area contributed by atoms with Crippen molar-refractivity contribution < 1.29 is 9.13 Å². The first-order valence-electron chi connectivity index (χ1n) is 7.52. The molecule has 0 aliphatic rings. The summed E-state index contributed by atoms with van der Waals surface area (Å²) in [5.74, 6) is 0.180. The van der Waals surface area contributed by atoms with Gasteiger partial charge in [-0.3, -0.25) is 0 Å².